The van der Waals surface area contributed by atoms with Gasteiger partial charge in [0.25, 0.3) is 0 Å². The van der Waals surface area contributed by atoms with Crippen LogP contribution in [0.4, 0.5) is 11.4 Å². The lowest BCUT2D eigenvalue weighted by Crippen LogP contribution is -2.37. The number of piperidine rings is 2. The number of hydrogen-bond acceptors (Lipinski definition) is 3. The Morgan fingerprint density at radius 2 is 1.55 bits per heavy atom. The van der Waals surface area contributed by atoms with Crippen molar-refractivity contribution in [3.8, 4) is 0 Å². The Hall–Kier alpha value is -1.85. The maximum Gasteiger partial charge on any atom is 0.227 e. The topological polar surface area (TPSA) is 35.6 Å². The first-order chi connectivity index (χ1) is 14.2. The molecule has 4 rings (SSSR count). The molecule has 0 aliphatic carbocycles. The minimum atomic E-state index is 0.109. The van der Waals surface area contributed by atoms with Gasteiger partial charge in [-0.3, -0.25) is 9.69 Å². The maximum atomic E-state index is 12.7. The highest BCUT2D eigenvalue weighted by Gasteiger charge is 2.25. The van der Waals surface area contributed by atoms with Crippen LogP contribution in [0.5, 0.6) is 0 Å². The molecule has 0 bridgehead atoms. The van der Waals surface area contributed by atoms with Gasteiger partial charge in [0.15, 0.2) is 0 Å². The fourth-order valence-electron chi connectivity index (χ4n) is 4.35. The van der Waals surface area contributed by atoms with E-state index in [0.29, 0.717) is 0 Å². The van der Waals surface area contributed by atoms with Crippen LogP contribution >= 0.6 is 15.9 Å². The van der Waals surface area contributed by atoms with E-state index < -0.39 is 0 Å². The van der Waals surface area contributed by atoms with Crippen LogP contribution < -0.4 is 10.2 Å². The quantitative estimate of drug-likeness (QED) is 0.664. The lowest BCUT2D eigenvalue weighted by Gasteiger charge is -2.31. The molecule has 0 spiro atoms. The summed E-state index contributed by atoms with van der Waals surface area (Å²) >= 11 is 3.49. The Kier molecular flexibility index (Phi) is 6.88. The van der Waals surface area contributed by atoms with E-state index in [2.05, 4.69) is 67.4 Å². The number of nitrogens with one attached hydrogen (secondary N) is 1. The molecule has 2 aliphatic heterocycles. The van der Waals surface area contributed by atoms with Gasteiger partial charge in [-0.05, 0) is 87.2 Å². The van der Waals surface area contributed by atoms with Crippen LogP contribution in [0.15, 0.2) is 53.0 Å². The van der Waals surface area contributed by atoms with Crippen molar-refractivity contribution in [3.05, 3.63) is 58.6 Å². The summed E-state index contributed by atoms with van der Waals surface area (Å²) in [5.41, 5.74) is 3.50. The van der Waals surface area contributed by atoms with Gasteiger partial charge < -0.3 is 10.2 Å². The van der Waals surface area contributed by atoms with Crippen molar-refractivity contribution in [1.29, 1.82) is 0 Å². The van der Waals surface area contributed by atoms with Crippen LogP contribution in [0, 0.1) is 5.92 Å². The number of hydrogen-bond donors (Lipinski definition) is 1. The van der Waals surface area contributed by atoms with E-state index >= 15 is 0 Å². The number of anilines is 2. The number of benzene rings is 2. The fourth-order valence-corrected chi connectivity index (χ4v) is 4.62. The van der Waals surface area contributed by atoms with E-state index in [0.717, 1.165) is 55.7 Å². The summed E-state index contributed by atoms with van der Waals surface area (Å²) in [4.78, 5) is 17.6. The predicted molar refractivity (Wildman–Crippen MR) is 123 cm³/mol. The van der Waals surface area contributed by atoms with Crippen molar-refractivity contribution in [1.82, 2.24) is 4.90 Å². The molecule has 154 valence electrons. The lowest BCUT2D eigenvalue weighted by atomic mass is 9.95. The molecule has 0 atom stereocenters. The molecule has 1 N–H and O–H groups in total. The second kappa shape index (κ2) is 9.77. The molecule has 29 heavy (non-hydrogen) atoms. The number of halogens is 1. The Morgan fingerprint density at radius 1 is 0.897 bits per heavy atom. The fraction of sp³-hybridized carbons (Fsp3) is 0.458. The van der Waals surface area contributed by atoms with E-state index in [4.69, 9.17) is 0 Å². The minimum Gasteiger partial charge on any atom is -0.372 e. The molecule has 0 saturated carbocycles. The molecule has 1 amide bonds. The van der Waals surface area contributed by atoms with E-state index in [9.17, 15) is 4.79 Å². The van der Waals surface area contributed by atoms with Crippen LogP contribution in [-0.4, -0.2) is 37.0 Å². The highest BCUT2D eigenvalue weighted by molar-refractivity contribution is 9.10. The Balaban J connectivity index is 1.24. The van der Waals surface area contributed by atoms with Crippen LogP contribution in [0.2, 0.25) is 0 Å². The standard InChI is InChI=1S/C24H30BrN3O/c25-21-6-4-19(5-7-21)18-27-16-12-20(13-17-27)24(29)26-22-8-10-23(11-9-22)28-14-2-1-3-15-28/h4-11,20H,1-3,12-18H2,(H,26,29). The van der Waals surface area contributed by atoms with Gasteiger partial charge in [-0.2, -0.15) is 0 Å². The van der Waals surface area contributed by atoms with E-state index in [1.54, 1.807) is 0 Å². The van der Waals surface area contributed by atoms with Crippen LogP contribution in [0.25, 0.3) is 0 Å². The van der Waals surface area contributed by atoms with Gasteiger partial charge in [-0.25, -0.2) is 0 Å². The van der Waals surface area contributed by atoms with Gasteiger partial charge in [-0.1, -0.05) is 28.1 Å². The minimum absolute atomic E-state index is 0.109. The second-order valence-electron chi connectivity index (χ2n) is 8.26. The largest absolute Gasteiger partial charge is 0.372 e. The van der Waals surface area contributed by atoms with Crippen LogP contribution in [0.1, 0.15) is 37.7 Å². The van der Waals surface area contributed by atoms with Crippen LogP contribution in [0.3, 0.4) is 0 Å². The molecular weight excluding hydrogens is 426 g/mol. The summed E-state index contributed by atoms with van der Waals surface area (Å²) in [6.45, 7) is 5.19. The zero-order chi connectivity index (χ0) is 20.1. The van der Waals surface area contributed by atoms with Gasteiger partial charge in [0, 0.05) is 41.4 Å². The predicted octanol–water partition coefficient (Wildman–Crippen LogP) is 5.29. The monoisotopic (exact) mass is 455 g/mol. The Labute approximate surface area is 182 Å². The molecule has 5 heteroatoms. The van der Waals surface area contributed by atoms with E-state index in [1.807, 2.05) is 12.1 Å². The molecule has 2 heterocycles. The van der Waals surface area contributed by atoms with Crippen molar-refractivity contribution in [3.63, 3.8) is 0 Å². The molecule has 4 nitrogen and oxygen atoms in total. The third kappa shape index (κ3) is 5.61. The second-order valence-corrected chi connectivity index (χ2v) is 9.18. The van der Waals surface area contributed by atoms with Crippen molar-refractivity contribution < 1.29 is 4.79 Å². The van der Waals surface area contributed by atoms with Gasteiger partial charge in [-0.15, -0.1) is 0 Å². The molecule has 2 aromatic rings. The van der Waals surface area contributed by atoms with Crippen LogP contribution in [-0.2, 0) is 11.3 Å². The van der Waals surface area contributed by atoms with Gasteiger partial charge in [0.05, 0.1) is 0 Å². The third-order valence-corrected chi connectivity index (χ3v) is 6.66. The van der Waals surface area contributed by atoms with Gasteiger partial charge >= 0.3 is 0 Å². The maximum absolute atomic E-state index is 12.7. The van der Waals surface area contributed by atoms with E-state index in [1.165, 1.54) is 30.5 Å². The highest BCUT2D eigenvalue weighted by Crippen LogP contribution is 2.24. The van der Waals surface area contributed by atoms with Gasteiger partial charge in [0.1, 0.15) is 0 Å². The highest BCUT2D eigenvalue weighted by atomic mass is 79.9. The smallest absolute Gasteiger partial charge is 0.227 e. The molecule has 0 radical (unpaired) electrons. The summed E-state index contributed by atoms with van der Waals surface area (Å²) in [6, 6.07) is 16.9. The third-order valence-electron chi connectivity index (χ3n) is 6.13. The first-order valence-corrected chi connectivity index (χ1v) is 11.6. The molecule has 2 fully saturated rings. The molecule has 2 saturated heterocycles. The molecule has 2 aromatic carbocycles. The van der Waals surface area contributed by atoms with Crippen molar-refractivity contribution in [2.24, 2.45) is 5.92 Å². The molecule has 0 aromatic heterocycles. The zero-order valence-corrected chi connectivity index (χ0v) is 18.5. The average Bonchev–Trinajstić information content (AvgIpc) is 2.77. The number of likely N-dealkylation sites (tertiary alicyclic amines) is 1. The summed E-state index contributed by atoms with van der Waals surface area (Å²) in [7, 11) is 0. The summed E-state index contributed by atoms with van der Waals surface area (Å²) in [6.07, 6.45) is 5.74. The molecule has 2 aliphatic rings. The summed E-state index contributed by atoms with van der Waals surface area (Å²) < 4.78 is 1.11. The summed E-state index contributed by atoms with van der Waals surface area (Å²) in [5.74, 6) is 0.275. The number of amides is 1. The Bertz CT molecular complexity index is 792. The van der Waals surface area contributed by atoms with E-state index in [-0.39, 0.29) is 11.8 Å². The molecular formula is C24H30BrN3O. The normalized spacial score (nSPS) is 18.6. The number of carbonyl (C=O) groups excluding carboxylic acids is 1. The number of rotatable bonds is 5. The van der Waals surface area contributed by atoms with Crippen molar-refractivity contribution >= 4 is 33.2 Å². The van der Waals surface area contributed by atoms with Crippen molar-refractivity contribution in [2.75, 3.05) is 36.4 Å². The summed E-state index contributed by atoms with van der Waals surface area (Å²) in [5, 5.41) is 3.13. The molecule has 0 unspecified atom stereocenters. The number of carbonyl (C=O) groups is 1. The SMILES string of the molecule is O=C(Nc1ccc(N2CCCCC2)cc1)C1CCN(Cc2ccc(Br)cc2)CC1. The van der Waals surface area contributed by atoms with Crippen molar-refractivity contribution in [2.45, 2.75) is 38.6 Å². The van der Waals surface area contributed by atoms with Gasteiger partial charge in [0.2, 0.25) is 5.91 Å². The first-order valence-electron chi connectivity index (χ1n) is 10.8. The lowest BCUT2D eigenvalue weighted by molar-refractivity contribution is -0.121. The Morgan fingerprint density at radius 3 is 2.21 bits per heavy atom. The number of nitrogens with zero attached hydrogens (tertiary/aromatic N) is 2. The zero-order valence-electron chi connectivity index (χ0n) is 16.9. The average molecular weight is 456 g/mol. The first kappa shape index (κ1) is 20.4.